The van der Waals surface area contributed by atoms with Crippen LogP contribution in [0.4, 0.5) is 18.9 Å². The Kier molecular flexibility index (Phi) is 4.21. The van der Waals surface area contributed by atoms with Crippen molar-refractivity contribution < 1.29 is 22.6 Å². The zero-order valence-electron chi connectivity index (χ0n) is 11.1. The van der Waals surface area contributed by atoms with Crippen LogP contribution >= 0.6 is 0 Å². The number of nitrogens with two attached hydrogens (primary N) is 1. The van der Waals surface area contributed by atoms with Gasteiger partial charge in [-0.15, -0.1) is 0 Å². The SMILES string of the molecule is COc1ncccc1-c1ccc(N)c(OCC(F)(F)F)c1. The third-order valence-corrected chi connectivity index (χ3v) is 2.68. The molecule has 0 radical (unpaired) electrons. The first-order valence-electron chi connectivity index (χ1n) is 5.99. The Morgan fingerprint density at radius 3 is 2.67 bits per heavy atom. The minimum Gasteiger partial charge on any atom is -0.482 e. The minimum absolute atomic E-state index is 0.0317. The summed E-state index contributed by atoms with van der Waals surface area (Å²) in [6, 6.07) is 8.01. The van der Waals surface area contributed by atoms with Crippen LogP contribution in [0, 0.1) is 0 Å². The van der Waals surface area contributed by atoms with Crippen LogP contribution in [-0.2, 0) is 0 Å². The van der Waals surface area contributed by atoms with Crippen molar-refractivity contribution >= 4 is 5.69 Å². The average Bonchev–Trinajstić information content (AvgIpc) is 2.45. The van der Waals surface area contributed by atoms with Gasteiger partial charge in [-0.2, -0.15) is 13.2 Å². The maximum absolute atomic E-state index is 12.2. The van der Waals surface area contributed by atoms with Gasteiger partial charge in [0, 0.05) is 11.8 Å². The molecule has 21 heavy (non-hydrogen) atoms. The number of anilines is 1. The first-order chi connectivity index (χ1) is 9.90. The van der Waals surface area contributed by atoms with Gasteiger partial charge in [0.05, 0.1) is 12.8 Å². The van der Waals surface area contributed by atoms with Crippen LogP contribution in [0.15, 0.2) is 36.5 Å². The first kappa shape index (κ1) is 15.0. The number of pyridine rings is 1. The van der Waals surface area contributed by atoms with Gasteiger partial charge in [-0.25, -0.2) is 4.98 Å². The van der Waals surface area contributed by atoms with E-state index in [1.165, 1.54) is 19.2 Å². The summed E-state index contributed by atoms with van der Waals surface area (Å²) >= 11 is 0. The van der Waals surface area contributed by atoms with Crippen LogP contribution in [-0.4, -0.2) is 24.9 Å². The van der Waals surface area contributed by atoms with E-state index in [-0.39, 0.29) is 11.4 Å². The number of halogens is 3. The lowest BCUT2D eigenvalue weighted by Gasteiger charge is -2.13. The molecule has 0 bridgehead atoms. The molecule has 1 aromatic heterocycles. The number of alkyl halides is 3. The number of nitrogens with zero attached hydrogens (tertiary/aromatic N) is 1. The molecule has 2 rings (SSSR count). The number of benzene rings is 1. The predicted octanol–water partition coefficient (Wildman–Crippen LogP) is 3.28. The van der Waals surface area contributed by atoms with Crippen LogP contribution in [0.3, 0.4) is 0 Å². The van der Waals surface area contributed by atoms with Crippen LogP contribution in [0.1, 0.15) is 0 Å². The fraction of sp³-hybridized carbons (Fsp3) is 0.214. The number of nitrogen functional groups attached to an aromatic ring is 1. The highest BCUT2D eigenvalue weighted by Gasteiger charge is 2.28. The van der Waals surface area contributed by atoms with Gasteiger partial charge in [0.1, 0.15) is 5.75 Å². The molecule has 0 saturated carbocycles. The van der Waals surface area contributed by atoms with E-state index in [1.807, 2.05) is 0 Å². The Morgan fingerprint density at radius 1 is 1.24 bits per heavy atom. The molecule has 0 aliphatic rings. The van der Waals surface area contributed by atoms with Gasteiger partial charge in [-0.3, -0.25) is 0 Å². The summed E-state index contributed by atoms with van der Waals surface area (Å²) < 4.78 is 46.5. The van der Waals surface area contributed by atoms with E-state index in [4.69, 9.17) is 15.2 Å². The minimum atomic E-state index is -4.42. The number of aromatic nitrogens is 1. The van der Waals surface area contributed by atoms with Crippen molar-refractivity contribution in [1.82, 2.24) is 4.98 Å². The smallest absolute Gasteiger partial charge is 0.422 e. The molecule has 0 aliphatic carbocycles. The summed E-state index contributed by atoms with van der Waals surface area (Å²) in [5.41, 5.74) is 7.00. The zero-order valence-corrected chi connectivity index (χ0v) is 11.1. The molecule has 2 N–H and O–H groups in total. The van der Waals surface area contributed by atoms with Crippen molar-refractivity contribution in [2.75, 3.05) is 19.5 Å². The summed E-state index contributed by atoms with van der Waals surface area (Å²) in [5, 5.41) is 0. The van der Waals surface area contributed by atoms with Gasteiger partial charge in [0.25, 0.3) is 0 Å². The molecule has 112 valence electrons. The summed E-state index contributed by atoms with van der Waals surface area (Å²) in [6.07, 6.45) is -2.87. The second kappa shape index (κ2) is 5.90. The van der Waals surface area contributed by atoms with Crippen LogP contribution < -0.4 is 15.2 Å². The lowest BCUT2D eigenvalue weighted by atomic mass is 10.1. The van der Waals surface area contributed by atoms with Crippen LogP contribution in [0.5, 0.6) is 11.6 Å². The number of methoxy groups -OCH3 is 1. The molecule has 0 spiro atoms. The third kappa shape index (κ3) is 3.77. The van der Waals surface area contributed by atoms with Gasteiger partial charge in [-0.1, -0.05) is 6.07 Å². The highest BCUT2D eigenvalue weighted by molar-refractivity contribution is 5.73. The van der Waals surface area contributed by atoms with Crippen molar-refractivity contribution in [3.8, 4) is 22.8 Å². The molecule has 2 aromatic rings. The van der Waals surface area contributed by atoms with Crippen molar-refractivity contribution in [2.24, 2.45) is 0 Å². The third-order valence-electron chi connectivity index (χ3n) is 2.68. The van der Waals surface area contributed by atoms with Crippen molar-refractivity contribution in [1.29, 1.82) is 0 Å². The molecule has 0 unspecified atom stereocenters. The molecule has 1 heterocycles. The molecular formula is C14H13F3N2O2. The fourth-order valence-corrected chi connectivity index (χ4v) is 1.76. The van der Waals surface area contributed by atoms with Crippen LogP contribution in [0.2, 0.25) is 0 Å². The molecular weight excluding hydrogens is 285 g/mol. The lowest BCUT2D eigenvalue weighted by Crippen LogP contribution is -2.19. The molecule has 0 fully saturated rings. The molecule has 0 aliphatic heterocycles. The maximum atomic E-state index is 12.2. The van der Waals surface area contributed by atoms with E-state index >= 15 is 0 Å². The van der Waals surface area contributed by atoms with Crippen LogP contribution in [0.25, 0.3) is 11.1 Å². The van der Waals surface area contributed by atoms with E-state index in [1.54, 1.807) is 24.4 Å². The van der Waals surface area contributed by atoms with Crippen molar-refractivity contribution in [3.05, 3.63) is 36.5 Å². The van der Waals surface area contributed by atoms with E-state index in [9.17, 15) is 13.2 Å². The fourth-order valence-electron chi connectivity index (χ4n) is 1.76. The molecule has 0 amide bonds. The molecule has 0 atom stereocenters. The van der Waals surface area contributed by atoms with Gasteiger partial charge >= 0.3 is 6.18 Å². The standard InChI is InChI=1S/C14H13F3N2O2/c1-20-13-10(3-2-6-19-13)9-4-5-11(18)12(7-9)21-8-14(15,16)17/h2-7H,8,18H2,1H3. The Balaban J connectivity index is 2.34. The maximum Gasteiger partial charge on any atom is 0.422 e. The molecule has 4 nitrogen and oxygen atoms in total. The normalized spacial score (nSPS) is 11.2. The van der Waals surface area contributed by atoms with Gasteiger partial charge < -0.3 is 15.2 Å². The highest BCUT2D eigenvalue weighted by Crippen LogP contribution is 2.33. The molecule has 7 heteroatoms. The van der Waals surface area contributed by atoms with Crippen molar-refractivity contribution in [3.63, 3.8) is 0 Å². The molecule has 0 saturated heterocycles. The average molecular weight is 298 g/mol. The number of ether oxygens (including phenoxy) is 2. The van der Waals surface area contributed by atoms with E-state index in [2.05, 4.69) is 4.98 Å². The summed E-state index contributed by atoms with van der Waals surface area (Å²) in [7, 11) is 1.46. The molecule has 1 aromatic carbocycles. The lowest BCUT2D eigenvalue weighted by molar-refractivity contribution is -0.153. The second-order valence-corrected chi connectivity index (χ2v) is 4.22. The largest absolute Gasteiger partial charge is 0.482 e. The van der Waals surface area contributed by atoms with E-state index in [0.717, 1.165) is 0 Å². The van der Waals surface area contributed by atoms with E-state index in [0.29, 0.717) is 17.0 Å². The summed E-state index contributed by atoms with van der Waals surface area (Å²) in [4.78, 5) is 4.04. The number of hydrogen-bond acceptors (Lipinski definition) is 4. The number of hydrogen-bond donors (Lipinski definition) is 1. The van der Waals surface area contributed by atoms with Gasteiger partial charge in [0.2, 0.25) is 5.88 Å². The van der Waals surface area contributed by atoms with Gasteiger partial charge in [-0.05, 0) is 29.8 Å². The van der Waals surface area contributed by atoms with Gasteiger partial charge in [0.15, 0.2) is 6.61 Å². The van der Waals surface area contributed by atoms with E-state index < -0.39 is 12.8 Å². The summed E-state index contributed by atoms with van der Waals surface area (Å²) in [5.74, 6) is 0.333. The Morgan fingerprint density at radius 2 is 2.00 bits per heavy atom. The van der Waals surface area contributed by atoms with Crippen molar-refractivity contribution in [2.45, 2.75) is 6.18 Å². The zero-order chi connectivity index (χ0) is 15.5. The predicted molar refractivity (Wildman–Crippen MR) is 72.2 cm³/mol. The number of rotatable bonds is 4. The Labute approximate surface area is 119 Å². The first-order valence-corrected chi connectivity index (χ1v) is 5.99. The Hall–Kier alpha value is -2.44. The Bertz CT molecular complexity index is 630. The second-order valence-electron chi connectivity index (χ2n) is 4.22. The topological polar surface area (TPSA) is 57.4 Å². The monoisotopic (exact) mass is 298 g/mol. The quantitative estimate of drug-likeness (QED) is 0.880. The summed E-state index contributed by atoms with van der Waals surface area (Å²) in [6.45, 7) is -1.40. The highest BCUT2D eigenvalue weighted by atomic mass is 19.4.